The maximum atomic E-state index is 12.8. The fraction of sp³-hybridized carbons (Fsp3) is 0.353. The topological polar surface area (TPSA) is 63.7 Å². The number of halogens is 1. The van der Waals surface area contributed by atoms with Gasteiger partial charge in [-0.3, -0.25) is 0 Å². The van der Waals surface area contributed by atoms with Gasteiger partial charge in [-0.2, -0.15) is 4.31 Å². The predicted molar refractivity (Wildman–Crippen MR) is 97.8 cm³/mol. The van der Waals surface area contributed by atoms with Crippen molar-refractivity contribution in [3.63, 3.8) is 0 Å². The van der Waals surface area contributed by atoms with Crippen molar-refractivity contribution in [1.29, 1.82) is 0 Å². The van der Waals surface area contributed by atoms with Crippen molar-refractivity contribution in [2.24, 2.45) is 0 Å². The predicted octanol–water partition coefficient (Wildman–Crippen LogP) is 3.78. The van der Waals surface area contributed by atoms with E-state index in [1.807, 2.05) is 26.0 Å². The van der Waals surface area contributed by atoms with Crippen molar-refractivity contribution < 1.29 is 17.9 Å². The van der Waals surface area contributed by atoms with Gasteiger partial charge < -0.3 is 4.74 Å². The third-order valence-corrected chi connectivity index (χ3v) is 7.73. The summed E-state index contributed by atoms with van der Waals surface area (Å²) >= 11 is 6.84. The number of ether oxygens (including phenoxy) is 1. The van der Waals surface area contributed by atoms with Gasteiger partial charge in [0, 0.05) is 6.54 Å². The number of aryl methyl sites for hydroxylation is 2. The fourth-order valence-electron chi connectivity index (χ4n) is 2.91. The van der Waals surface area contributed by atoms with Crippen molar-refractivity contribution in [3.8, 4) is 5.75 Å². The number of hydrogen-bond acceptors (Lipinski definition) is 5. The Kier molecular flexibility index (Phi) is 5.20. The lowest BCUT2D eigenvalue weighted by Gasteiger charge is -2.22. The molecule has 134 valence electrons. The van der Waals surface area contributed by atoms with E-state index in [-0.39, 0.29) is 4.21 Å². The van der Waals surface area contributed by atoms with Crippen LogP contribution < -0.4 is 4.74 Å². The highest BCUT2D eigenvalue weighted by atomic mass is 35.5. The van der Waals surface area contributed by atoms with E-state index in [1.165, 1.54) is 16.4 Å². The monoisotopic (exact) mass is 399 g/mol. The second-order valence-electron chi connectivity index (χ2n) is 6.02. The molecule has 1 aromatic carbocycles. The number of carbonyl (C=O) groups excluding carboxylic acids is 1. The second-order valence-corrected chi connectivity index (χ2v) is 9.85. The molecular formula is C17H18ClNO4S2. The number of rotatable bonds is 4. The van der Waals surface area contributed by atoms with Crippen molar-refractivity contribution in [2.75, 3.05) is 6.54 Å². The second kappa shape index (κ2) is 7.07. The Morgan fingerprint density at radius 3 is 2.68 bits per heavy atom. The maximum Gasteiger partial charge on any atom is 0.329 e. The zero-order valence-electron chi connectivity index (χ0n) is 13.9. The van der Waals surface area contributed by atoms with E-state index < -0.39 is 22.0 Å². The fourth-order valence-corrected chi connectivity index (χ4v) is 6.16. The van der Waals surface area contributed by atoms with E-state index in [0.29, 0.717) is 29.5 Å². The number of hydrogen-bond donors (Lipinski definition) is 0. The largest absolute Gasteiger partial charge is 0.425 e. The molecule has 1 aliphatic rings. The van der Waals surface area contributed by atoms with Gasteiger partial charge in [-0.1, -0.05) is 29.3 Å². The standard InChI is InChI=1S/C17H18ClNO4S2/c1-11-5-6-14(12(2)10-11)23-17(20)13-4-3-9-19(13)25(21,22)16-8-7-15(18)24-16/h5-8,10,13H,3-4,9H2,1-2H3. The average Bonchev–Trinajstić information content (AvgIpc) is 3.19. The first-order valence-electron chi connectivity index (χ1n) is 7.85. The summed E-state index contributed by atoms with van der Waals surface area (Å²) in [5.41, 5.74) is 1.91. The molecule has 2 aromatic rings. The lowest BCUT2D eigenvalue weighted by molar-refractivity contribution is -0.138. The molecule has 0 aliphatic carbocycles. The van der Waals surface area contributed by atoms with Gasteiger partial charge in [-0.05, 0) is 50.5 Å². The molecule has 1 aromatic heterocycles. The molecule has 1 saturated heterocycles. The molecule has 1 unspecified atom stereocenters. The number of benzene rings is 1. The van der Waals surface area contributed by atoms with E-state index in [2.05, 4.69) is 0 Å². The molecule has 0 bridgehead atoms. The Bertz CT molecular complexity index is 907. The third kappa shape index (κ3) is 3.74. The Hall–Kier alpha value is -1.41. The van der Waals surface area contributed by atoms with Gasteiger partial charge in [0.2, 0.25) is 0 Å². The van der Waals surface area contributed by atoms with E-state index >= 15 is 0 Å². The van der Waals surface area contributed by atoms with Crippen LogP contribution in [-0.4, -0.2) is 31.3 Å². The number of carbonyl (C=O) groups is 1. The first-order valence-corrected chi connectivity index (χ1v) is 10.5. The number of nitrogens with zero attached hydrogens (tertiary/aromatic N) is 1. The van der Waals surface area contributed by atoms with Crippen LogP contribution in [0.25, 0.3) is 0 Å². The summed E-state index contributed by atoms with van der Waals surface area (Å²) in [5.74, 6) is -0.0882. The summed E-state index contributed by atoms with van der Waals surface area (Å²) in [7, 11) is -3.75. The summed E-state index contributed by atoms with van der Waals surface area (Å²) in [4.78, 5) is 12.6. The van der Waals surface area contributed by atoms with Crippen LogP contribution in [0, 0.1) is 13.8 Å². The highest BCUT2D eigenvalue weighted by molar-refractivity contribution is 7.91. The van der Waals surface area contributed by atoms with Crippen LogP contribution in [0.2, 0.25) is 4.34 Å². The molecule has 3 rings (SSSR count). The SMILES string of the molecule is Cc1ccc(OC(=O)C2CCCN2S(=O)(=O)c2ccc(Cl)s2)c(C)c1. The molecule has 0 radical (unpaired) electrons. The number of thiophene rings is 1. The maximum absolute atomic E-state index is 12.8. The Labute approximate surface area is 156 Å². The average molecular weight is 400 g/mol. The van der Waals surface area contributed by atoms with Crippen molar-refractivity contribution in [2.45, 2.75) is 36.9 Å². The molecule has 5 nitrogen and oxygen atoms in total. The Balaban J connectivity index is 1.82. The minimum atomic E-state index is -3.75. The summed E-state index contributed by atoms with van der Waals surface area (Å²) < 4.78 is 32.8. The van der Waals surface area contributed by atoms with Gasteiger partial charge in [0.15, 0.2) is 0 Å². The zero-order chi connectivity index (χ0) is 18.2. The first-order chi connectivity index (χ1) is 11.8. The van der Waals surface area contributed by atoms with Gasteiger partial charge in [0.1, 0.15) is 16.0 Å². The number of esters is 1. The van der Waals surface area contributed by atoms with E-state index in [1.54, 1.807) is 6.07 Å². The minimum absolute atomic E-state index is 0.142. The molecule has 8 heteroatoms. The summed E-state index contributed by atoms with van der Waals surface area (Å²) in [6, 6.07) is 7.69. The van der Waals surface area contributed by atoms with Crippen molar-refractivity contribution in [1.82, 2.24) is 4.31 Å². The minimum Gasteiger partial charge on any atom is -0.425 e. The highest BCUT2D eigenvalue weighted by Gasteiger charge is 2.41. The van der Waals surface area contributed by atoms with Crippen LogP contribution in [0.1, 0.15) is 24.0 Å². The molecule has 2 heterocycles. The van der Waals surface area contributed by atoms with E-state index in [0.717, 1.165) is 22.5 Å². The normalized spacial score (nSPS) is 18.4. The molecule has 0 saturated carbocycles. The summed E-state index contributed by atoms with van der Waals surface area (Å²) in [5, 5.41) is 0. The lowest BCUT2D eigenvalue weighted by Crippen LogP contribution is -2.42. The Morgan fingerprint density at radius 2 is 2.04 bits per heavy atom. The van der Waals surface area contributed by atoms with E-state index in [9.17, 15) is 13.2 Å². The zero-order valence-corrected chi connectivity index (χ0v) is 16.2. The Morgan fingerprint density at radius 1 is 1.28 bits per heavy atom. The van der Waals surface area contributed by atoms with Crippen LogP contribution >= 0.6 is 22.9 Å². The smallest absolute Gasteiger partial charge is 0.329 e. The molecular weight excluding hydrogens is 382 g/mol. The van der Waals surface area contributed by atoms with Crippen molar-refractivity contribution >= 4 is 38.9 Å². The van der Waals surface area contributed by atoms with Gasteiger partial charge in [0.05, 0.1) is 4.34 Å². The van der Waals surface area contributed by atoms with E-state index in [4.69, 9.17) is 16.3 Å². The summed E-state index contributed by atoms with van der Waals surface area (Å²) in [6.45, 7) is 4.10. The molecule has 0 N–H and O–H groups in total. The highest BCUT2D eigenvalue weighted by Crippen LogP contribution is 2.33. The number of sulfonamides is 1. The first kappa shape index (κ1) is 18.4. The molecule has 25 heavy (non-hydrogen) atoms. The third-order valence-electron chi connectivity index (χ3n) is 4.13. The van der Waals surface area contributed by atoms with Gasteiger partial charge in [-0.15, -0.1) is 11.3 Å². The van der Waals surface area contributed by atoms with Gasteiger partial charge in [-0.25, -0.2) is 13.2 Å². The van der Waals surface area contributed by atoms with Crippen LogP contribution in [0.15, 0.2) is 34.5 Å². The van der Waals surface area contributed by atoms with Crippen molar-refractivity contribution in [3.05, 3.63) is 45.8 Å². The molecule has 1 atom stereocenters. The molecule has 1 fully saturated rings. The van der Waals surface area contributed by atoms with Crippen LogP contribution in [0.5, 0.6) is 5.75 Å². The quantitative estimate of drug-likeness (QED) is 0.579. The summed E-state index contributed by atoms with van der Waals surface area (Å²) in [6.07, 6.45) is 1.06. The van der Waals surface area contributed by atoms with Gasteiger partial charge >= 0.3 is 5.97 Å². The van der Waals surface area contributed by atoms with Crippen LogP contribution in [-0.2, 0) is 14.8 Å². The van der Waals surface area contributed by atoms with Crippen LogP contribution in [0.3, 0.4) is 0 Å². The lowest BCUT2D eigenvalue weighted by atomic mass is 10.1. The molecule has 0 amide bonds. The van der Waals surface area contributed by atoms with Crippen LogP contribution in [0.4, 0.5) is 0 Å². The van der Waals surface area contributed by atoms with Gasteiger partial charge in [0.25, 0.3) is 10.0 Å². The molecule has 0 spiro atoms. The molecule has 1 aliphatic heterocycles.